The van der Waals surface area contributed by atoms with Crippen molar-refractivity contribution in [2.45, 2.75) is 6.92 Å². The summed E-state index contributed by atoms with van der Waals surface area (Å²) in [6.07, 6.45) is 1.54. The van der Waals surface area contributed by atoms with Crippen LogP contribution in [0.4, 0.5) is 0 Å². The molecule has 0 spiro atoms. The number of nitrogens with zero attached hydrogens (tertiary/aromatic N) is 1. The lowest BCUT2D eigenvalue weighted by molar-refractivity contribution is -0.137. The Kier molecular flexibility index (Phi) is 5.15. The molecule has 0 aliphatic rings. The number of nitriles is 1. The third kappa shape index (κ3) is 3.94. The molecule has 0 fully saturated rings. The zero-order valence-electron chi connectivity index (χ0n) is 11.3. The second kappa shape index (κ2) is 7.07. The van der Waals surface area contributed by atoms with Gasteiger partial charge in [-0.25, -0.2) is 4.79 Å². The number of carbonyl (C=O) groups is 1. The monoisotopic (exact) mass is 317 g/mol. The average Bonchev–Trinajstić information content (AvgIpc) is 2.94. The summed E-state index contributed by atoms with van der Waals surface area (Å²) in [5.74, 6) is -0.596. The van der Waals surface area contributed by atoms with Gasteiger partial charge in [0.1, 0.15) is 11.6 Å². The van der Waals surface area contributed by atoms with E-state index >= 15 is 0 Å². The zero-order valence-corrected chi connectivity index (χ0v) is 12.9. The van der Waals surface area contributed by atoms with Gasteiger partial charge < -0.3 is 4.74 Å². The van der Waals surface area contributed by atoms with E-state index in [4.69, 9.17) is 21.6 Å². The first-order valence-corrected chi connectivity index (χ1v) is 7.48. The molecule has 0 atom stereocenters. The van der Waals surface area contributed by atoms with E-state index in [2.05, 4.69) is 0 Å². The molecule has 106 valence electrons. The Morgan fingerprint density at radius 2 is 2.05 bits per heavy atom. The minimum Gasteiger partial charge on any atom is -0.462 e. The predicted molar refractivity (Wildman–Crippen MR) is 85.0 cm³/mol. The van der Waals surface area contributed by atoms with Gasteiger partial charge in [0.25, 0.3) is 0 Å². The van der Waals surface area contributed by atoms with Crippen LogP contribution in [0.25, 0.3) is 16.5 Å². The summed E-state index contributed by atoms with van der Waals surface area (Å²) in [6, 6.07) is 13.2. The highest BCUT2D eigenvalue weighted by Crippen LogP contribution is 2.30. The van der Waals surface area contributed by atoms with Crippen LogP contribution in [0.15, 0.2) is 42.0 Å². The van der Waals surface area contributed by atoms with Crippen molar-refractivity contribution in [2.24, 2.45) is 0 Å². The van der Waals surface area contributed by atoms with E-state index in [-0.39, 0.29) is 12.2 Å². The first kappa shape index (κ1) is 15.3. The maximum atomic E-state index is 11.6. The molecule has 21 heavy (non-hydrogen) atoms. The standard InChI is InChI=1S/C16H12ClNO2S/c1-2-20-16(19)12(10-18)9-14-7-8-15(21-14)11-3-5-13(17)6-4-11/h3-9H,2H2,1H3/b12-9+. The number of hydrogen-bond acceptors (Lipinski definition) is 4. The van der Waals surface area contributed by atoms with Crippen LogP contribution in [0.2, 0.25) is 5.02 Å². The Morgan fingerprint density at radius 3 is 2.67 bits per heavy atom. The van der Waals surface area contributed by atoms with E-state index in [1.54, 1.807) is 13.0 Å². The molecule has 0 unspecified atom stereocenters. The molecule has 0 amide bonds. The zero-order chi connectivity index (χ0) is 15.2. The fourth-order valence-electron chi connectivity index (χ4n) is 1.69. The smallest absolute Gasteiger partial charge is 0.348 e. The van der Waals surface area contributed by atoms with Crippen LogP contribution in [0.5, 0.6) is 0 Å². The molecule has 0 N–H and O–H groups in total. The largest absolute Gasteiger partial charge is 0.462 e. The maximum Gasteiger partial charge on any atom is 0.348 e. The summed E-state index contributed by atoms with van der Waals surface area (Å²) in [5, 5.41) is 9.69. The van der Waals surface area contributed by atoms with Crippen LogP contribution in [-0.4, -0.2) is 12.6 Å². The van der Waals surface area contributed by atoms with Crippen molar-refractivity contribution in [3.05, 3.63) is 51.9 Å². The Bertz CT molecular complexity index is 711. The molecule has 0 radical (unpaired) electrons. The third-order valence-corrected chi connectivity index (χ3v) is 3.99. The number of carbonyl (C=O) groups excluding carboxylic acids is 1. The van der Waals surface area contributed by atoms with Gasteiger partial charge in [-0.05, 0) is 42.8 Å². The first-order valence-electron chi connectivity index (χ1n) is 6.28. The van der Waals surface area contributed by atoms with Gasteiger partial charge in [0.2, 0.25) is 0 Å². The molecule has 0 saturated carbocycles. The van der Waals surface area contributed by atoms with Crippen LogP contribution in [-0.2, 0) is 9.53 Å². The second-order valence-electron chi connectivity index (χ2n) is 4.10. The van der Waals surface area contributed by atoms with E-state index in [9.17, 15) is 4.79 Å². The van der Waals surface area contributed by atoms with Gasteiger partial charge in [0, 0.05) is 14.8 Å². The fourth-order valence-corrected chi connectivity index (χ4v) is 2.77. The molecule has 3 nitrogen and oxygen atoms in total. The van der Waals surface area contributed by atoms with Crippen molar-refractivity contribution >= 4 is 35.0 Å². The molecule has 0 aliphatic heterocycles. The quantitative estimate of drug-likeness (QED) is 0.472. The van der Waals surface area contributed by atoms with Crippen LogP contribution < -0.4 is 0 Å². The number of thiophene rings is 1. The Balaban J connectivity index is 2.25. The molecular formula is C16H12ClNO2S. The van der Waals surface area contributed by atoms with Crippen LogP contribution >= 0.6 is 22.9 Å². The van der Waals surface area contributed by atoms with Gasteiger partial charge in [-0.15, -0.1) is 11.3 Å². The molecule has 2 rings (SSSR count). The molecule has 1 aromatic carbocycles. The highest BCUT2D eigenvalue weighted by atomic mass is 35.5. The van der Waals surface area contributed by atoms with Crippen LogP contribution in [0.1, 0.15) is 11.8 Å². The highest BCUT2D eigenvalue weighted by Gasteiger charge is 2.10. The number of benzene rings is 1. The van der Waals surface area contributed by atoms with Gasteiger partial charge in [0.05, 0.1) is 6.61 Å². The maximum absolute atomic E-state index is 11.6. The number of esters is 1. The van der Waals surface area contributed by atoms with Crippen LogP contribution in [0.3, 0.4) is 0 Å². The summed E-state index contributed by atoms with van der Waals surface area (Å²) < 4.78 is 4.83. The van der Waals surface area contributed by atoms with E-state index < -0.39 is 5.97 Å². The predicted octanol–water partition coefficient (Wildman–Crippen LogP) is 4.54. The molecular weight excluding hydrogens is 306 g/mol. The van der Waals surface area contributed by atoms with E-state index in [1.807, 2.05) is 42.5 Å². The van der Waals surface area contributed by atoms with E-state index in [1.165, 1.54) is 11.3 Å². The van der Waals surface area contributed by atoms with Gasteiger partial charge in [-0.3, -0.25) is 0 Å². The van der Waals surface area contributed by atoms with Crippen molar-refractivity contribution in [1.29, 1.82) is 5.26 Å². The molecule has 0 bridgehead atoms. The minimum absolute atomic E-state index is 0.00126. The summed E-state index contributed by atoms with van der Waals surface area (Å²) in [7, 11) is 0. The Labute approximate surface area is 132 Å². The third-order valence-electron chi connectivity index (χ3n) is 2.66. The summed E-state index contributed by atoms with van der Waals surface area (Å²) in [6.45, 7) is 1.95. The Hall–Kier alpha value is -2.09. The van der Waals surface area contributed by atoms with Gasteiger partial charge in [0.15, 0.2) is 0 Å². The molecule has 1 heterocycles. The van der Waals surface area contributed by atoms with Crippen molar-refractivity contribution in [3.8, 4) is 16.5 Å². The summed E-state index contributed by atoms with van der Waals surface area (Å²) in [5.41, 5.74) is 1.04. The highest BCUT2D eigenvalue weighted by molar-refractivity contribution is 7.16. The fraction of sp³-hybridized carbons (Fsp3) is 0.125. The second-order valence-corrected chi connectivity index (χ2v) is 5.65. The molecule has 1 aromatic heterocycles. The van der Waals surface area contributed by atoms with Crippen molar-refractivity contribution in [1.82, 2.24) is 0 Å². The van der Waals surface area contributed by atoms with Crippen molar-refractivity contribution < 1.29 is 9.53 Å². The topological polar surface area (TPSA) is 50.1 Å². The van der Waals surface area contributed by atoms with Crippen LogP contribution in [0, 0.1) is 11.3 Å². The average molecular weight is 318 g/mol. The first-order chi connectivity index (χ1) is 10.1. The SMILES string of the molecule is CCOC(=O)/C(C#N)=C/c1ccc(-c2ccc(Cl)cc2)s1. The number of rotatable bonds is 4. The van der Waals surface area contributed by atoms with Crippen molar-refractivity contribution in [2.75, 3.05) is 6.61 Å². The normalized spacial score (nSPS) is 11.0. The van der Waals surface area contributed by atoms with Gasteiger partial charge >= 0.3 is 5.97 Å². The summed E-state index contributed by atoms with van der Waals surface area (Å²) in [4.78, 5) is 13.4. The number of halogens is 1. The van der Waals surface area contributed by atoms with E-state index in [0.29, 0.717) is 5.02 Å². The van der Waals surface area contributed by atoms with Gasteiger partial charge in [-0.2, -0.15) is 5.26 Å². The molecule has 2 aromatic rings. The number of ether oxygens (including phenoxy) is 1. The van der Waals surface area contributed by atoms with E-state index in [0.717, 1.165) is 15.3 Å². The molecule has 0 aliphatic carbocycles. The Morgan fingerprint density at radius 1 is 1.33 bits per heavy atom. The molecule has 5 heteroatoms. The lowest BCUT2D eigenvalue weighted by Crippen LogP contribution is -2.05. The molecule has 0 saturated heterocycles. The number of hydrogen-bond donors (Lipinski definition) is 0. The lowest BCUT2D eigenvalue weighted by Gasteiger charge is -1.98. The summed E-state index contributed by atoms with van der Waals surface area (Å²) >= 11 is 7.36. The lowest BCUT2D eigenvalue weighted by atomic mass is 10.2. The van der Waals surface area contributed by atoms with Gasteiger partial charge in [-0.1, -0.05) is 23.7 Å². The van der Waals surface area contributed by atoms with Crippen molar-refractivity contribution in [3.63, 3.8) is 0 Å². The minimum atomic E-state index is -0.596.